The van der Waals surface area contributed by atoms with Gasteiger partial charge in [-0.2, -0.15) is 9.97 Å². The van der Waals surface area contributed by atoms with Gasteiger partial charge in [0, 0.05) is 69.5 Å². The molecule has 13 aromatic rings. The van der Waals surface area contributed by atoms with Crippen LogP contribution in [0.3, 0.4) is 0 Å². The van der Waals surface area contributed by atoms with Crippen molar-refractivity contribution in [1.82, 2.24) is 24.1 Å². The summed E-state index contributed by atoms with van der Waals surface area (Å²) in [4.78, 5) is 16.4. The van der Waals surface area contributed by atoms with Gasteiger partial charge in [-0.05, 0) is 72.3 Å². The monoisotopic (exact) mass is 825 g/mol. The number of benzene rings is 8. The Morgan fingerprint density at radius 2 is 1.19 bits per heavy atom. The average Bonchev–Trinajstić information content (AvgIpc) is 4.06. The molecule has 0 aliphatic carbocycles. The Morgan fingerprint density at radius 3 is 2.02 bits per heavy atom. The van der Waals surface area contributed by atoms with Crippen LogP contribution in [0.4, 0.5) is 0 Å². The molecule has 0 spiro atoms. The number of fused-ring (bicyclic) bond motifs is 11. The minimum atomic E-state index is 0.531. The Bertz CT molecular complexity index is 4090. The van der Waals surface area contributed by atoms with Crippen molar-refractivity contribution < 1.29 is 4.42 Å². The summed E-state index contributed by atoms with van der Waals surface area (Å²) >= 11 is 1.77. The number of thiophene rings is 1. The van der Waals surface area contributed by atoms with E-state index in [-0.39, 0.29) is 0 Å². The highest BCUT2D eigenvalue weighted by Gasteiger charge is 2.25. The molecule has 0 aliphatic rings. The molecular weight excluding hydrogens is 791 g/mol. The summed E-state index contributed by atoms with van der Waals surface area (Å²) in [5.41, 5.74) is 9.60. The number of allylic oxidation sites excluding steroid dienone is 2. The summed E-state index contributed by atoms with van der Waals surface area (Å²) in [5, 5.41) is 10.3. The van der Waals surface area contributed by atoms with Crippen LogP contribution < -0.4 is 0 Å². The first-order valence-corrected chi connectivity index (χ1v) is 21.9. The minimum Gasteiger partial charge on any atom is -0.456 e. The fourth-order valence-corrected chi connectivity index (χ4v) is 10.9. The van der Waals surface area contributed by atoms with E-state index in [2.05, 4.69) is 180 Å². The van der Waals surface area contributed by atoms with Crippen molar-refractivity contribution in [3.63, 3.8) is 0 Å². The molecule has 0 aliphatic heterocycles. The van der Waals surface area contributed by atoms with Gasteiger partial charge in [0.2, 0.25) is 5.95 Å². The normalized spacial score (nSPS) is 12.2. The number of furan rings is 1. The molecular formula is C56H35N5OS. The molecule has 0 atom stereocenters. The van der Waals surface area contributed by atoms with Gasteiger partial charge in [0.1, 0.15) is 11.2 Å². The molecule has 0 N–H and O–H groups in total. The largest absolute Gasteiger partial charge is 0.456 e. The lowest BCUT2D eigenvalue weighted by Gasteiger charge is -2.16. The van der Waals surface area contributed by atoms with E-state index in [1.165, 1.54) is 37.0 Å². The number of para-hydroxylation sites is 3. The number of hydrogen-bond acceptors (Lipinski definition) is 5. The summed E-state index contributed by atoms with van der Waals surface area (Å²) in [6, 6.07) is 58.0. The van der Waals surface area contributed by atoms with Crippen molar-refractivity contribution in [3.05, 3.63) is 194 Å². The SMILES string of the molecule is C=C/C=C\c1c(C)n(-c2nc(-c3cc4oc5ccccc5c4cc3-n3c4ccccc4c4cc5ccccc5cc43)nc(-c3cccc4c3sc3ccccc34)n2)c2ccccc12. The van der Waals surface area contributed by atoms with E-state index in [4.69, 9.17) is 19.4 Å². The fourth-order valence-electron chi connectivity index (χ4n) is 9.69. The summed E-state index contributed by atoms with van der Waals surface area (Å²) in [5.74, 6) is 1.66. The maximum Gasteiger partial charge on any atom is 0.238 e. The lowest BCUT2D eigenvalue weighted by Crippen LogP contribution is -2.09. The first-order valence-electron chi connectivity index (χ1n) is 21.1. The van der Waals surface area contributed by atoms with Crippen molar-refractivity contribution in [2.24, 2.45) is 0 Å². The van der Waals surface area contributed by atoms with Crippen molar-refractivity contribution in [3.8, 4) is 34.4 Å². The van der Waals surface area contributed by atoms with Crippen LogP contribution in [0.1, 0.15) is 11.3 Å². The number of aromatic nitrogens is 5. The molecule has 0 amide bonds. The van der Waals surface area contributed by atoms with Gasteiger partial charge in [-0.3, -0.25) is 4.57 Å². The number of nitrogens with zero attached hydrogens (tertiary/aromatic N) is 5. The fraction of sp³-hybridized carbons (Fsp3) is 0.0179. The quantitative estimate of drug-likeness (QED) is 0.157. The second kappa shape index (κ2) is 13.7. The van der Waals surface area contributed by atoms with E-state index in [0.29, 0.717) is 17.6 Å². The molecule has 0 unspecified atom stereocenters. The third-order valence-electron chi connectivity index (χ3n) is 12.5. The molecule has 7 heteroatoms. The Hall–Kier alpha value is -8.13. The predicted molar refractivity (Wildman–Crippen MR) is 264 cm³/mol. The van der Waals surface area contributed by atoms with E-state index < -0.39 is 0 Å². The second-order valence-electron chi connectivity index (χ2n) is 16.0. The minimum absolute atomic E-state index is 0.531. The standard InChI is InChI=1S/C56H35N5OS/c1-3-4-18-36-33(2)60(46-25-11-7-19-37(36)46)56-58-54(42-24-15-23-41-40-22-10-14-28-52(40)63-53(41)42)57-55(59-56)45-32-51-44(39-21-9-13-27-50(39)62-51)31-49(45)61-47-26-12-8-20-38(47)43-29-34-16-5-6-17-35(34)30-48(43)61/h3-32H,1H2,2H3/b18-4-. The van der Waals surface area contributed by atoms with Gasteiger partial charge in [0.25, 0.3) is 0 Å². The molecule has 63 heavy (non-hydrogen) atoms. The maximum absolute atomic E-state index is 6.66. The molecule has 13 rings (SSSR count). The van der Waals surface area contributed by atoms with E-state index in [1.54, 1.807) is 11.3 Å². The van der Waals surface area contributed by atoms with Crippen molar-refractivity contribution in [2.45, 2.75) is 6.92 Å². The average molecular weight is 826 g/mol. The predicted octanol–water partition coefficient (Wildman–Crippen LogP) is 15.2. The van der Waals surface area contributed by atoms with Crippen molar-refractivity contribution >= 4 is 103 Å². The summed E-state index contributed by atoms with van der Waals surface area (Å²) in [7, 11) is 0. The topological polar surface area (TPSA) is 61.7 Å². The van der Waals surface area contributed by atoms with Crippen LogP contribution in [0, 0.1) is 6.92 Å². The first-order chi connectivity index (χ1) is 31.1. The molecule has 0 fully saturated rings. The van der Waals surface area contributed by atoms with Gasteiger partial charge in [-0.15, -0.1) is 11.3 Å². The zero-order valence-corrected chi connectivity index (χ0v) is 34.9. The van der Waals surface area contributed by atoms with Gasteiger partial charge in [0.05, 0.1) is 22.2 Å². The van der Waals surface area contributed by atoms with Gasteiger partial charge >= 0.3 is 0 Å². The molecule has 6 nitrogen and oxygen atoms in total. The second-order valence-corrected chi connectivity index (χ2v) is 17.1. The Kier molecular flexibility index (Phi) is 7.74. The van der Waals surface area contributed by atoms with E-state index in [0.717, 1.165) is 76.6 Å². The molecule has 8 aromatic carbocycles. The smallest absolute Gasteiger partial charge is 0.238 e. The van der Waals surface area contributed by atoms with Crippen LogP contribution in [-0.2, 0) is 0 Å². The van der Waals surface area contributed by atoms with E-state index in [9.17, 15) is 0 Å². The summed E-state index contributed by atoms with van der Waals surface area (Å²) in [6.45, 7) is 6.10. The third-order valence-corrected chi connectivity index (χ3v) is 13.8. The molecule has 0 saturated carbocycles. The highest BCUT2D eigenvalue weighted by molar-refractivity contribution is 7.26. The number of rotatable bonds is 6. The molecule has 5 aromatic heterocycles. The van der Waals surface area contributed by atoms with Gasteiger partial charge in [-0.25, -0.2) is 4.98 Å². The molecule has 0 saturated heterocycles. The number of hydrogen-bond donors (Lipinski definition) is 0. The van der Waals surface area contributed by atoms with Crippen molar-refractivity contribution in [2.75, 3.05) is 0 Å². The van der Waals surface area contributed by atoms with Gasteiger partial charge in [-0.1, -0.05) is 134 Å². The zero-order valence-electron chi connectivity index (χ0n) is 34.1. The van der Waals surface area contributed by atoms with Crippen molar-refractivity contribution in [1.29, 1.82) is 0 Å². The Labute approximate surface area is 364 Å². The molecule has 0 radical (unpaired) electrons. The van der Waals surface area contributed by atoms with Crippen LogP contribution in [0.2, 0.25) is 0 Å². The highest BCUT2D eigenvalue weighted by atomic mass is 32.1. The van der Waals surface area contributed by atoms with E-state index >= 15 is 0 Å². The van der Waals surface area contributed by atoms with Crippen LogP contribution in [-0.4, -0.2) is 24.1 Å². The summed E-state index contributed by atoms with van der Waals surface area (Å²) in [6.07, 6.45) is 5.90. The van der Waals surface area contributed by atoms with Gasteiger partial charge < -0.3 is 8.98 Å². The zero-order chi connectivity index (χ0) is 41.8. The summed E-state index contributed by atoms with van der Waals surface area (Å²) < 4.78 is 13.6. The lowest BCUT2D eigenvalue weighted by molar-refractivity contribution is 0.669. The molecule has 296 valence electrons. The van der Waals surface area contributed by atoms with Crippen LogP contribution >= 0.6 is 11.3 Å². The van der Waals surface area contributed by atoms with Crippen LogP contribution in [0.25, 0.3) is 126 Å². The van der Waals surface area contributed by atoms with Gasteiger partial charge in [0.15, 0.2) is 11.6 Å². The van der Waals surface area contributed by atoms with Crippen LogP contribution in [0.5, 0.6) is 0 Å². The lowest BCUT2D eigenvalue weighted by atomic mass is 10.1. The third kappa shape index (κ3) is 5.33. The van der Waals surface area contributed by atoms with E-state index in [1.807, 2.05) is 24.3 Å². The first kappa shape index (κ1) is 35.6. The Morgan fingerprint density at radius 1 is 0.524 bits per heavy atom. The highest BCUT2D eigenvalue weighted by Crippen LogP contribution is 2.43. The van der Waals surface area contributed by atoms with Crippen LogP contribution in [0.15, 0.2) is 187 Å². The molecule has 5 heterocycles. The molecule has 0 bridgehead atoms. The maximum atomic E-state index is 6.66. The Balaban J connectivity index is 1.18.